The molecule has 0 unspecified atom stereocenters. The van der Waals surface area contributed by atoms with Gasteiger partial charge in [0, 0.05) is 23.3 Å². The summed E-state index contributed by atoms with van der Waals surface area (Å²) in [6.07, 6.45) is 2.93. The molecule has 0 spiro atoms. The van der Waals surface area contributed by atoms with Gasteiger partial charge in [0.15, 0.2) is 5.60 Å². The Morgan fingerprint density at radius 1 is 0.857 bits per heavy atom. The lowest BCUT2D eigenvalue weighted by Crippen LogP contribution is -2.39. The first-order chi connectivity index (χ1) is 13.8. The minimum atomic E-state index is -0.711. The fourth-order valence-electron chi connectivity index (χ4n) is 3.83. The van der Waals surface area contributed by atoms with E-state index in [1.165, 1.54) is 0 Å². The zero-order chi connectivity index (χ0) is 19.4. The molecule has 1 heterocycles. The quantitative estimate of drug-likeness (QED) is 0.448. The highest BCUT2D eigenvalue weighted by molar-refractivity contribution is 6.32. The molecule has 4 rings (SSSR count). The van der Waals surface area contributed by atoms with Gasteiger partial charge in [-0.05, 0) is 37.1 Å². The molecule has 0 N–H and O–H groups in total. The Labute approximate surface area is 171 Å². The second-order valence-electron chi connectivity index (χ2n) is 6.78. The van der Waals surface area contributed by atoms with Crippen LogP contribution in [0.1, 0.15) is 30.0 Å². The number of rotatable bonds is 6. The van der Waals surface area contributed by atoms with Gasteiger partial charge in [-0.25, -0.2) is 0 Å². The van der Waals surface area contributed by atoms with E-state index < -0.39 is 5.60 Å². The minimum Gasteiger partial charge on any atom is -0.473 e. The summed E-state index contributed by atoms with van der Waals surface area (Å²) in [5, 5.41) is 0.695. The van der Waals surface area contributed by atoms with Crippen LogP contribution in [0.5, 0.6) is 5.75 Å². The van der Waals surface area contributed by atoms with Crippen molar-refractivity contribution in [1.29, 1.82) is 0 Å². The van der Waals surface area contributed by atoms with Crippen LogP contribution in [-0.2, 0) is 10.3 Å². The van der Waals surface area contributed by atoms with E-state index in [-0.39, 0.29) is 0 Å². The van der Waals surface area contributed by atoms with E-state index >= 15 is 0 Å². The highest BCUT2D eigenvalue weighted by Crippen LogP contribution is 2.48. The molecular formula is C25H23ClO2. The van der Waals surface area contributed by atoms with Crippen LogP contribution in [0.3, 0.4) is 0 Å². The summed E-state index contributed by atoms with van der Waals surface area (Å²) in [6, 6.07) is 26.6. The maximum absolute atomic E-state index is 6.81. The van der Waals surface area contributed by atoms with Gasteiger partial charge in [-0.3, -0.25) is 0 Å². The molecule has 28 heavy (non-hydrogen) atoms. The van der Waals surface area contributed by atoms with Crippen LogP contribution in [0.2, 0.25) is 5.02 Å². The van der Waals surface area contributed by atoms with E-state index in [0.29, 0.717) is 18.2 Å². The van der Waals surface area contributed by atoms with Crippen molar-refractivity contribution in [2.75, 3.05) is 13.2 Å². The van der Waals surface area contributed by atoms with Crippen molar-refractivity contribution in [2.24, 2.45) is 0 Å². The SMILES string of the molecule is CCOCCC1=Cc2c(Cl)cccc2OC1(c1ccccc1)c1ccccc1. The summed E-state index contributed by atoms with van der Waals surface area (Å²) in [7, 11) is 0. The third kappa shape index (κ3) is 3.34. The summed E-state index contributed by atoms with van der Waals surface area (Å²) in [6.45, 7) is 3.33. The van der Waals surface area contributed by atoms with Gasteiger partial charge in [0.2, 0.25) is 0 Å². The Morgan fingerprint density at radius 3 is 2.11 bits per heavy atom. The predicted molar refractivity (Wildman–Crippen MR) is 115 cm³/mol. The summed E-state index contributed by atoms with van der Waals surface area (Å²) in [4.78, 5) is 0. The number of hydrogen-bond acceptors (Lipinski definition) is 2. The number of hydrogen-bond donors (Lipinski definition) is 0. The third-order valence-electron chi connectivity index (χ3n) is 5.13. The fourth-order valence-corrected chi connectivity index (χ4v) is 4.05. The van der Waals surface area contributed by atoms with Gasteiger partial charge < -0.3 is 9.47 Å². The van der Waals surface area contributed by atoms with Crippen molar-refractivity contribution in [3.05, 3.63) is 106 Å². The lowest BCUT2D eigenvalue weighted by molar-refractivity contribution is 0.118. The lowest BCUT2D eigenvalue weighted by Gasteiger charge is -2.41. The van der Waals surface area contributed by atoms with Crippen molar-refractivity contribution < 1.29 is 9.47 Å². The summed E-state index contributed by atoms with van der Waals surface area (Å²) in [5.41, 5.74) is 3.54. The van der Waals surface area contributed by atoms with Crippen molar-refractivity contribution in [2.45, 2.75) is 18.9 Å². The van der Waals surface area contributed by atoms with Crippen molar-refractivity contribution >= 4 is 17.7 Å². The molecule has 0 aromatic heterocycles. The van der Waals surface area contributed by atoms with Crippen LogP contribution in [0.25, 0.3) is 6.08 Å². The van der Waals surface area contributed by atoms with E-state index in [1.807, 2.05) is 37.3 Å². The maximum atomic E-state index is 6.81. The Morgan fingerprint density at radius 2 is 1.50 bits per heavy atom. The number of ether oxygens (including phenoxy) is 2. The molecule has 142 valence electrons. The smallest absolute Gasteiger partial charge is 0.181 e. The third-order valence-corrected chi connectivity index (χ3v) is 5.46. The van der Waals surface area contributed by atoms with E-state index in [2.05, 4.69) is 54.6 Å². The van der Waals surface area contributed by atoms with E-state index in [9.17, 15) is 0 Å². The van der Waals surface area contributed by atoms with Gasteiger partial charge in [0.25, 0.3) is 0 Å². The average molecular weight is 391 g/mol. The summed E-state index contributed by atoms with van der Waals surface area (Å²) >= 11 is 6.50. The molecule has 0 amide bonds. The zero-order valence-corrected chi connectivity index (χ0v) is 16.7. The van der Waals surface area contributed by atoms with E-state index in [0.717, 1.165) is 34.4 Å². The van der Waals surface area contributed by atoms with Crippen LogP contribution in [0.4, 0.5) is 0 Å². The molecule has 0 aliphatic carbocycles. The number of halogens is 1. The van der Waals surface area contributed by atoms with Crippen LogP contribution < -0.4 is 4.74 Å². The second kappa shape index (κ2) is 8.22. The Balaban J connectivity index is 1.95. The molecule has 0 radical (unpaired) electrons. The number of fused-ring (bicyclic) bond motifs is 1. The molecule has 3 heteroatoms. The molecule has 3 aromatic carbocycles. The second-order valence-corrected chi connectivity index (χ2v) is 7.19. The van der Waals surface area contributed by atoms with Crippen molar-refractivity contribution in [1.82, 2.24) is 0 Å². The fraction of sp³-hybridized carbons (Fsp3) is 0.200. The largest absolute Gasteiger partial charge is 0.473 e. The average Bonchev–Trinajstić information content (AvgIpc) is 2.75. The lowest BCUT2D eigenvalue weighted by atomic mass is 9.76. The Hall–Kier alpha value is -2.55. The van der Waals surface area contributed by atoms with Crippen LogP contribution >= 0.6 is 11.6 Å². The molecule has 0 saturated carbocycles. The van der Waals surface area contributed by atoms with Gasteiger partial charge in [0.05, 0.1) is 11.6 Å². The topological polar surface area (TPSA) is 18.5 Å². The van der Waals surface area contributed by atoms with Crippen molar-refractivity contribution in [3.63, 3.8) is 0 Å². The monoisotopic (exact) mass is 390 g/mol. The molecule has 1 aliphatic heterocycles. The van der Waals surface area contributed by atoms with Crippen LogP contribution in [0.15, 0.2) is 84.4 Å². The standard InChI is InChI=1S/C25H23ClO2/c1-2-27-17-16-21-18-22-23(26)14-9-15-24(22)28-25(21,19-10-5-3-6-11-19)20-12-7-4-8-13-20/h3-15,18H,2,16-17H2,1H3. The minimum absolute atomic E-state index is 0.632. The van der Waals surface area contributed by atoms with Gasteiger partial charge in [0.1, 0.15) is 5.75 Å². The Bertz CT molecular complexity index is 925. The maximum Gasteiger partial charge on any atom is 0.181 e. The first kappa shape index (κ1) is 18.8. The molecule has 0 fully saturated rings. The molecular weight excluding hydrogens is 368 g/mol. The highest BCUT2D eigenvalue weighted by Gasteiger charge is 2.43. The molecule has 3 aromatic rings. The Kier molecular flexibility index (Phi) is 5.52. The van der Waals surface area contributed by atoms with Gasteiger partial charge in [-0.1, -0.05) is 78.3 Å². The van der Waals surface area contributed by atoms with Gasteiger partial charge >= 0.3 is 0 Å². The summed E-state index contributed by atoms with van der Waals surface area (Å²) in [5.74, 6) is 0.792. The first-order valence-electron chi connectivity index (χ1n) is 9.63. The molecule has 1 aliphatic rings. The van der Waals surface area contributed by atoms with Crippen molar-refractivity contribution in [3.8, 4) is 5.75 Å². The van der Waals surface area contributed by atoms with Crippen LogP contribution in [0, 0.1) is 0 Å². The molecule has 0 saturated heterocycles. The zero-order valence-electron chi connectivity index (χ0n) is 15.9. The molecule has 0 bridgehead atoms. The summed E-state index contributed by atoms with van der Waals surface area (Å²) < 4.78 is 12.5. The first-order valence-corrected chi connectivity index (χ1v) is 10.0. The predicted octanol–water partition coefficient (Wildman–Crippen LogP) is 6.49. The van der Waals surface area contributed by atoms with E-state index in [4.69, 9.17) is 21.1 Å². The molecule has 2 nitrogen and oxygen atoms in total. The highest BCUT2D eigenvalue weighted by atomic mass is 35.5. The number of benzene rings is 3. The van der Waals surface area contributed by atoms with Gasteiger partial charge in [-0.15, -0.1) is 0 Å². The van der Waals surface area contributed by atoms with E-state index in [1.54, 1.807) is 0 Å². The van der Waals surface area contributed by atoms with Crippen LogP contribution in [-0.4, -0.2) is 13.2 Å². The van der Waals surface area contributed by atoms with Gasteiger partial charge in [-0.2, -0.15) is 0 Å². The molecule has 0 atom stereocenters. The normalized spacial score (nSPS) is 14.7.